The maximum atomic E-state index is 8.34. The predicted molar refractivity (Wildman–Crippen MR) is 57.2 cm³/mol. The van der Waals surface area contributed by atoms with E-state index in [9.17, 15) is 0 Å². The minimum absolute atomic E-state index is 0.00852. The van der Waals surface area contributed by atoms with Crippen LogP contribution < -0.4 is 11.5 Å². The van der Waals surface area contributed by atoms with Crippen LogP contribution in [0.15, 0.2) is 17.4 Å². The highest BCUT2D eigenvalue weighted by Crippen LogP contribution is 2.08. The lowest BCUT2D eigenvalue weighted by atomic mass is 10.2. The zero-order chi connectivity index (χ0) is 11.1. The molecule has 78 valence electrons. The molecule has 14 heavy (non-hydrogen) atoms. The van der Waals surface area contributed by atoms with E-state index in [4.69, 9.17) is 16.7 Å². The minimum Gasteiger partial charge on any atom is -0.409 e. The van der Waals surface area contributed by atoms with Crippen molar-refractivity contribution in [2.45, 2.75) is 20.8 Å². The van der Waals surface area contributed by atoms with Gasteiger partial charge in [-0.15, -0.1) is 0 Å². The number of anilines is 1. The Kier molecular flexibility index (Phi) is 5.06. The molecule has 5 heteroatoms. The minimum atomic E-state index is 0.00852. The van der Waals surface area contributed by atoms with Crippen molar-refractivity contribution in [3.05, 3.63) is 23.5 Å². The summed E-state index contributed by atoms with van der Waals surface area (Å²) >= 11 is 0. The van der Waals surface area contributed by atoms with E-state index < -0.39 is 0 Å². The van der Waals surface area contributed by atoms with E-state index in [0.717, 1.165) is 5.69 Å². The van der Waals surface area contributed by atoms with Gasteiger partial charge in [0.1, 0.15) is 0 Å². The molecule has 0 fully saturated rings. The fraction of sp³-hybridized carbons (Fsp3) is 0.333. The highest BCUT2D eigenvalue weighted by Gasteiger charge is 2.01. The van der Waals surface area contributed by atoms with Crippen molar-refractivity contribution in [2.75, 3.05) is 5.73 Å². The third-order valence-electron chi connectivity index (χ3n) is 1.53. The van der Waals surface area contributed by atoms with Crippen molar-refractivity contribution < 1.29 is 5.21 Å². The van der Waals surface area contributed by atoms with Gasteiger partial charge >= 0.3 is 0 Å². The summed E-state index contributed by atoms with van der Waals surface area (Å²) in [6, 6.07) is 1.61. The van der Waals surface area contributed by atoms with Gasteiger partial charge in [-0.3, -0.25) is 4.98 Å². The van der Waals surface area contributed by atoms with Crippen LogP contribution in [-0.2, 0) is 0 Å². The van der Waals surface area contributed by atoms with Gasteiger partial charge in [-0.25, -0.2) is 0 Å². The molecule has 0 unspecified atom stereocenters. The van der Waals surface area contributed by atoms with E-state index in [1.54, 1.807) is 13.0 Å². The molecule has 0 atom stereocenters. The van der Waals surface area contributed by atoms with Gasteiger partial charge in [0, 0.05) is 11.8 Å². The lowest BCUT2D eigenvalue weighted by Crippen LogP contribution is -2.14. The number of aryl methyl sites for hydroxylation is 1. The molecule has 1 heterocycles. The van der Waals surface area contributed by atoms with Crippen LogP contribution in [0.2, 0.25) is 0 Å². The fourth-order valence-electron chi connectivity index (χ4n) is 0.748. The van der Waals surface area contributed by atoms with Crippen LogP contribution >= 0.6 is 0 Å². The number of aromatic nitrogens is 1. The zero-order valence-electron chi connectivity index (χ0n) is 8.65. The van der Waals surface area contributed by atoms with E-state index in [1.807, 2.05) is 13.8 Å². The molecule has 0 bridgehead atoms. The van der Waals surface area contributed by atoms with Crippen molar-refractivity contribution >= 4 is 11.5 Å². The number of oxime groups is 1. The smallest absolute Gasteiger partial charge is 0.171 e. The first-order valence-electron chi connectivity index (χ1n) is 4.35. The number of hydrogen-bond acceptors (Lipinski definition) is 4. The van der Waals surface area contributed by atoms with Crippen LogP contribution in [0.25, 0.3) is 0 Å². The van der Waals surface area contributed by atoms with E-state index in [2.05, 4.69) is 10.1 Å². The monoisotopic (exact) mass is 196 g/mol. The third kappa shape index (κ3) is 2.93. The third-order valence-corrected chi connectivity index (χ3v) is 1.53. The Balaban J connectivity index is 0.000000791. The van der Waals surface area contributed by atoms with Gasteiger partial charge in [-0.2, -0.15) is 0 Å². The first kappa shape index (κ1) is 12.2. The van der Waals surface area contributed by atoms with Crippen LogP contribution in [0.4, 0.5) is 5.69 Å². The molecule has 0 aliphatic heterocycles. The molecule has 0 amide bonds. The van der Waals surface area contributed by atoms with Gasteiger partial charge in [-0.05, 0) is 13.0 Å². The zero-order valence-corrected chi connectivity index (χ0v) is 8.65. The summed E-state index contributed by atoms with van der Waals surface area (Å²) in [5, 5.41) is 11.2. The number of nitrogens with two attached hydrogens (primary N) is 2. The highest BCUT2D eigenvalue weighted by molar-refractivity contribution is 5.97. The van der Waals surface area contributed by atoms with Crippen molar-refractivity contribution in [1.29, 1.82) is 0 Å². The number of amidine groups is 1. The number of hydrogen-bond donors (Lipinski definition) is 3. The molecular formula is C9H16N4O. The van der Waals surface area contributed by atoms with Crippen molar-refractivity contribution in [3.8, 4) is 0 Å². The lowest BCUT2D eigenvalue weighted by molar-refractivity contribution is 0.318. The molecule has 0 spiro atoms. The van der Waals surface area contributed by atoms with Crippen LogP contribution in [0.3, 0.4) is 0 Å². The summed E-state index contributed by atoms with van der Waals surface area (Å²) in [4.78, 5) is 3.95. The van der Waals surface area contributed by atoms with Crippen molar-refractivity contribution in [3.63, 3.8) is 0 Å². The Morgan fingerprint density at radius 2 is 2.07 bits per heavy atom. The summed E-state index contributed by atoms with van der Waals surface area (Å²) < 4.78 is 0. The van der Waals surface area contributed by atoms with Gasteiger partial charge in [0.05, 0.1) is 11.4 Å². The average molecular weight is 196 g/mol. The van der Waals surface area contributed by atoms with Gasteiger partial charge in [0.15, 0.2) is 5.84 Å². The maximum absolute atomic E-state index is 8.34. The summed E-state index contributed by atoms with van der Waals surface area (Å²) in [5.41, 5.74) is 12.6. The molecule has 5 N–H and O–H groups in total. The first-order chi connectivity index (χ1) is 6.65. The Labute approximate surface area is 83.4 Å². The maximum Gasteiger partial charge on any atom is 0.171 e. The summed E-state index contributed by atoms with van der Waals surface area (Å²) in [6.45, 7) is 5.78. The van der Waals surface area contributed by atoms with Crippen LogP contribution in [-0.4, -0.2) is 16.0 Å². The van der Waals surface area contributed by atoms with Gasteiger partial charge in [-0.1, -0.05) is 19.0 Å². The number of nitrogens with zero attached hydrogens (tertiary/aromatic N) is 2. The van der Waals surface area contributed by atoms with Crippen molar-refractivity contribution in [1.82, 2.24) is 4.98 Å². The second-order valence-electron chi connectivity index (χ2n) is 2.38. The molecule has 1 rings (SSSR count). The molecule has 0 saturated heterocycles. The molecule has 0 aromatic carbocycles. The number of nitrogen functional groups attached to an aromatic ring is 1. The molecule has 1 aromatic heterocycles. The number of rotatable bonds is 1. The predicted octanol–water partition coefficient (Wildman–Crippen LogP) is 1.09. The molecule has 0 aliphatic carbocycles. The second kappa shape index (κ2) is 5.80. The fourth-order valence-corrected chi connectivity index (χ4v) is 0.748. The lowest BCUT2D eigenvalue weighted by Gasteiger charge is -2.01. The molecule has 5 nitrogen and oxygen atoms in total. The molecule has 1 aromatic rings. The quantitative estimate of drug-likeness (QED) is 0.271. The summed E-state index contributed by atoms with van der Waals surface area (Å²) in [5.74, 6) is 0.00852. The Morgan fingerprint density at radius 1 is 1.50 bits per heavy atom. The van der Waals surface area contributed by atoms with Crippen LogP contribution in [0.1, 0.15) is 25.1 Å². The summed E-state index contributed by atoms with van der Waals surface area (Å²) in [7, 11) is 0. The first-order valence-corrected chi connectivity index (χ1v) is 4.35. The van der Waals surface area contributed by atoms with Crippen molar-refractivity contribution in [2.24, 2.45) is 10.9 Å². The highest BCUT2D eigenvalue weighted by atomic mass is 16.4. The van der Waals surface area contributed by atoms with Gasteiger partial charge in [0.2, 0.25) is 0 Å². The van der Waals surface area contributed by atoms with E-state index >= 15 is 0 Å². The normalized spacial score (nSPS) is 10.4. The standard InChI is InChI=1S/C7H10N4O.C2H6/c1-4-6(8)2-5(3-10-4)7(9)11-12;1-2/h2-3,12H,8H2,1H3,(H2,9,11);1-2H3. The molecule has 0 aliphatic rings. The SMILES string of the molecule is CC.Cc1ncc(/C(N)=N/O)cc1N. The Hall–Kier alpha value is -1.78. The van der Waals surface area contributed by atoms with Gasteiger partial charge in [0.25, 0.3) is 0 Å². The molecule has 0 saturated carbocycles. The van der Waals surface area contributed by atoms with Crippen LogP contribution in [0, 0.1) is 6.92 Å². The topological polar surface area (TPSA) is 97.5 Å². The average Bonchev–Trinajstić information content (AvgIpc) is 2.24. The second-order valence-corrected chi connectivity index (χ2v) is 2.38. The van der Waals surface area contributed by atoms with E-state index in [0.29, 0.717) is 11.3 Å². The van der Waals surface area contributed by atoms with Crippen LogP contribution in [0.5, 0.6) is 0 Å². The van der Waals surface area contributed by atoms with E-state index in [1.165, 1.54) is 6.20 Å². The molecular weight excluding hydrogens is 180 g/mol. The largest absolute Gasteiger partial charge is 0.409 e. The number of pyridine rings is 1. The van der Waals surface area contributed by atoms with Gasteiger partial charge < -0.3 is 16.7 Å². The summed E-state index contributed by atoms with van der Waals surface area (Å²) in [6.07, 6.45) is 1.50. The molecule has 0 radical (unpaired) electrons. The Morgan fingerprint density at radius 3 is 2.50 bits per heavy atom. The Bertz CT molecular complexity index is 323. The van der Waals surface area contributed by atoms with E-state index in [-0.39, 0.29) is 5.84 Å².